The molecule has 0 atom stereocenters. The van der Waals surface area contributed by atoms with Gasteiger partial charge in [-0.3, -0.25) is 9.89 Å². The maximum atomic E-state index is 14.4. The number of hydrazone groups is 1. The molecule has 2 amide bonds. The maximum Gasteiger partial charge on any atom is 0.349 e. The minimum absolute atomic E-state index is 0.0449. The molecule has 37 heavy (non-hydrogen) atoms. The van der Waals surface area contributed by atoms with Gasteiger partial charge in [0.15, 0.2) is 0 Å². The quantitative estimate of drug-likeness (QED) is 0.584. The van der Waals surface area contributed by atoms with Crippen molar-refractivity contribution in [2.24, 2.45) is 16.0 Å². The summed E-state index contributed by atoms with van der Waals surface area (Å²) in [5.41, 5.74) is 6.32. The van der Waals surface area contributed by atoms with E-state index in [2.05, 4.69) is 59.7 Å². The summed E-state index contributed by atoms with van der Waals surface area (Å²) < 4.78 is 5.64. The fourth-order valence-electron chi connectivity index (χ4n) is 6.08. The Labute approximate surface area is 219 Å². The van der Waals surface area contributed by atoms with E-state index in [9.17, 15) is 4.79 Å². The highest BCUT2D eigenvalue weighted by Crippen LogP contribution is 2.39. The van der Waals surface area contributed by atoms with Gasteiger partial charge in [-0.05, 0) is 61.9 Å². The first-order chi connectivity index (χ1) is 18.2. The number of carbonyl (C=O) groups is 1. The molecule has 1 saturated carbocycles. The number of urea groups is 1. The average molecular weight is 500 g/mol. The molecule has 6 rings (SSSR count). The van der Waals surface area contributed by atoms with Gasteiger partial charge in [0, 0.05) is 37.7 Å². The van der Waals surface area contributed by atoms with Crippen LogP contribution >= 0.6 is 0 Å². The molecule has 7 heteroatoms. The molecular weight excluding hydrogens is 462 g/mol. The Hall–Kier alpha value is -3.19. The van der Waals surface area contributed by atoms with Crippen molar-refractivity contribution in [2.75, 3.05) is 31.2 Å². The van der Waals surface area contributed by atoms with Crippen LogP contribution in [0.4, 0.5) is 16.2 Å². The summed E-state index contributed by atoms with van der Waals surface area (Å²) in [5.74, 6) is 1.42. The SMILES string of the molecule is Cc1ccc2c(c1)N(c1ccc(CC3=NCCN3)cc1)C(=O)N(C1CCOCC1)N=C2C1CCCCC1. The van der Waals surface area contributed by atoms with Gasteiger partial charge in [-0.1, -0.05) is 43.5 Å². The van der Waals surface area contributed by atoms with Crippen molar-refractivity contribution in [1.29, 1.82) is 0 Å². The van der Waals surface area contributed by atoms with Gasteiger partial charge in [0.25, 0.3) is 0 Å². The Balaban J connectivity index is 1.42. The van der Waals surface area contributed by atoms with Crippen LogP contribution in [-0.2, 0) is 11.2 Å². The van der Waals surface area contributed by atoms with Crippen LogP contribution in [0, 0.1) is 12.8 Å². The van der Waals surface area contributed by atoms with Crippen molar-refractivity contribution in [3.63, 3.8) is 0 Å². The molecule has 2 aromatic rings. The van der Waals surface area contributed by atoms with E-state index in [0.717, 1.165) is 79.2 Å². The molecule has 194 valence electrons. The lowest BCUT2D eigenvalue weighted by molar-refractivity contribution is 0.0480. The van der Waals surface area contributed by atoms with Gasteiger partial charge in [0.05, 0.1) is 29.7 Å². The van der Waals surface area contributed by atoms with Crippen molar-refractivity contribution in [2.45, 2.75) is 64.3 Å². The number of fused-ring (bicyclic) bond motifs is 1. The highest BCUT2D eigenvalue weighted by Gasteiger charge is 2.37. The molecule has 4 aliphatic rings. The Morgan fingerprint density at radius 2 is 1.78 bits per heavy atom. The number of amidine groups is 1. The third-order valence-corrected chi connectivity index (χ3v) is 8.11. The molecule has 2 fully saturated rings. The standard InChI is InChI=1S/C30H37N5O2/c1-21-7-12-26-27(19-21)34(24-10-8-22(9-11-24)20-28-31-15-16-32-28)30(36)35(25-13-17-37-18-14-25)33-29(26)23-5-3-2-4-6-23/h7-12,19,23,25H,2-6,13-18,20H2,1H3,(H,31,32). The summed E-state index contributed by atoms with van der Waals surface area (Å²) >= 11 is 0. The molecule has 0 radical (unpaired) electrons. The topological polar surface area (TPSA) is 69.5 Å². The fourth-order valence-corrected chi connectivity index (χ4v) is 6.08. The van der Waals surface area contributed by atoms with Crippen LogP contribution in [0.2, 0.25) is 0 Å². The van der Waals surface area contributed by atoms with E-state index < -0.39 is 0 Å². The molecule has 3 heterocycles. The maximum absolute atomic E-state index is 14.4. The lowest BCUT2D eigenvalue weighted by Crippen LogP contribution is -2.45. The van der Waals surface area contributed by atoms with Crippen molar-refractivity contribution >= 4 is 29.0 Å². The van der Waals surface area contributed by atoms with Crippen LogP contribution < -0.4 is 10.2 Å². The van der Waals surface area contributed by atoms with E-state index >= 15 is 0 Å². The normalized spacial score (nSPS) is 21.3. The number of nitrogens with zero attached hydrogens (tertiary/aromatic N) is 4. The Bertz CT molecular complexity index is 1190. The zero-order valence-electron chi connectivity index (χ0n) is 21.8. The second-order valence-corrected chi connectivity index (χ2v) is 10.7. The number of aryl methyl sites for hydroxylation is 1. The summed E-state index contributed by atoms with van der Waals surface area (Å²) in [5, 5.41) is 10.4. The summed E-state index contributed by atoms with van der Waals surface area (Å²) in [6.45, 7) is 5.19. The number of hydrogen-bond acceptors (Lipinski definition) is 5. The van der Waals surface area contributed by atoms with Gasteiger partial charge in [-0.2, -0.15) is 5.10 Å². The van der Waals surface area contributed by atoms with E-state index in [-0.39, 0.29) is 12.1 Å². The van der Waals surface area contributed by atoms with E-state index in [1.165, 1.54) is 24.8 Å². The summed E-state index contributed by atoms with van der Waals surface area (Å²) in [6, 6.07) is 14.9. The van der Waals surface area contributed by atoms with Crippen LogP contribution in [0.5, 0.6) is 0 Å². The van der Waals surface area contributed by atoms with E-state index in [1.807, 2.05) is 4.90 Å². The Kier molecular flexibility index (Phi) is 6.96. The average Bonchev–Trinajstić information content (AvgIpc) is 3.41. The highest BCUT2D eigenvalue weighted by molar-refractivity contribution is 6.14. The molecule has 1 N–H and O–H groups in total. The van der Waals surface area contributed by atoms with Crippen LogP contribution in [0.15, 0.2) is 52.6 Å². The van der Waals surface area contributed by atoms with Gasteiger partial charge < -0.3 is 10.1 Å². The number of hydrogen-bond donors (Lipinski definition) is 1. The largest absolute Gasteiger partial charge is 0.381 e. The predicted octanol–water partition coefficient (Wildman–Crippen LogP) is 5.58. The molecule has 0 unspecified atom stereocenters. The fraction of sp³-hybridized carbons (Fsp3) is 0.500. The van der Waals surface area contributed by atoms with Crippen molar-refractivity contribution < 1.29 is 9.53 Å². The van der Waals surface area contributed by atoms with Crippen LogP contribution in [0.3, 0.4) is 0 Å². The van der Waals surface area contributed by atoms with Crippen LogP contribution in [0.1, 0.15) is 61.6 Å². The second-order valence-electron chi connectivity index (χ2n) is 10.7. The van der Waals surface area contributed by atoms with Gasteiger partial charge in [0.2, 0.25) is 0 Å². The number of aliphatic imine (C=N–C) groups is 1. The van der Waals surface area contributed by atoms with Gasteiger partial charge >= 0.3 is 6.03 Å². The number of carbonyl (C=O) groups excluding carboxylic acids is 1. The molecular formula is C30H37N5O2. The first-order valence-corrected chi connectivity index (χ1v) is 13.9. The molecule has 0 bridgehead atoms. The third-order valence-electron chi connectivity index (χ3n) is 8.11. The first kappa shape index (κ1) is 24.2. The third kappa shape index (κ3) is 5.01. The zero-order chi connectivity index (χ0) is 25.2. The number of benzene rings is 2. The molecule has 2 aromatic carbocycles. The smallest absolute Gasteiger partial charge is 0.349 e. The molecule has 0 aromatic heterocycles. The van der Waals surface area contributed by atoms with E-state index in [1.54, 1.807) is 5.01 Å². The first-order valence-electron chi connectivity index (χ1n) is 13.9. The Morgan fingerprint density at radius 3 is 2.51 bits per heavy atom. The lowest BCUT2D eigenvalue weighted by Gasteiger charge is -2.33. The minimum Gasteiger partial charge on any atom is -0.381 e. The molecule has 0 spiro atoms. The van der Waals surface area contributed by atoms with Crippen molar-refractivity contribution in [3.8, 4) is 0 Å². The summed E-state index contributed by atoms with van der Waals surface area (Å²) in [7, 11) is 0. The van der Waals surface area contributed by atoms with Gasteiger partial charge in [-0.15, -0.1) is 0 Å². The van der Waals surface area contributed by atoms with Crippen molar-refractivity contribution in [3.05, 3.63) is 59.2 Å². The van der Waals surface area contributed by atoms with E-state index in [4.69, 9.17) is 9.84 Å². The van der Waals surface area contributed by atoms with Gasteiger partial charge in [-0.25, -0.2) is 9.80 Å². The lowest BCUT2D eigenvalue weighted by atomic mass is 9.82. The number of amides is 2. The molecule has 1 aliphatic carbocycles. The summed E-state index contributed by atoms with van der Waals surface area (Å²) in [6.07, 6.45) is 8.40. The summed E-state index contributed by atoms with van der Waals surface area (Å²) in [4.78, 5) is 20.8. The van der Waals surface area contributed by atoms with Gasteiger partial charge in [0.1, 0.15) is 5.84 Å². The molecule has 1 saturated heterocycles. The number of rotatable bonds is 5. The highest BCUT2D eigenvalue weighted by atomic mass is 16.5. The number of ether oxygens (including phenoxy) is 1. The minimum atomic E-state index is -0.0702. The number of anilines is 2. The van der Waals surface area contributed by atoms with Crippen molar-refractivity contribution in [1.82, 2.24) is 10.3 Å². The Morgan fingerprint density at radius 1 is 1.00 bits per heavy atom. The zero-order valence-corrected chi connectivity index (χ0v) is 21.8. The second kappa shape index (κ2) is 10.7. The molecule has 3 aliphatic heterocycles. The number of nitrogens with one attached hydrogen (secondary N) is 1. The van der Waals surface area contributed by atoms with Crippen LogP contribution in [0.25, 0.3) is 0 Å². The predicted molar refractivity (Wildman–Crippen MR) is 148 cm³/mol. The monoisotopic (exact) mass is 499 g/mol. The molecule has 7 nitrogen and oxygen atoms in total. The van der Waals surface area contributed by atoms with Crippen LogP contribution in [-0.4, -0.2) is 54.9 Å². The van der Waals surface area contributed by atoms with E-state index in [0.29, 0.717) is 19.1 Å².